The van der Waals surface area contributed by atoms with Crippen molar-refractivity contribution in [3.63, 3.8) is 0 Å². The Balaban J connectivity index is -0.0000000888. The van der Waals surface area contributed by atoms with Crippen LogP contribution in [0.4, 0.5) is 0 Å². The molecule has 0 bridgehead atoms. The maximum atomic E-state index is 12.6. The Hall–Kier alpha value is 9.06. The number of nitrogens with one attached hydrogen (secondary N) is 6. The summed E-state index contributed by atoms with van der Waals surface area (Å²) in [5.41, 5.74) is 30.1. The molecule has 0 aromatic rings. The summed E-state index contributed by atoms with van der Waals surface area (Å²) < 4.78 is 0. The van der Waals surface area contributed by atoms with Crippen molar-refractivity contribution in [2.24, 2.45) is 5.92 Å². The quantitative estimate of drug-likeness (QED) is 0.0861. The molecule has 3 atom stereocenters. The molecule has 0 aliphatic carbocycles. The third kappa shape index (κ3) is 47.1. The molecular formula is C23H45K5N6O4W4-4. The van der Waals surface area contributed by atoms with E-state index in [1.165, 1.54) is 70.1 Å². The molecule has 0 saturated carbocycles. The first-order valence-electron chi connectivity index (χ1n) is 13.0. The molecule has 224 valence electrons. The van der Waals surface area contributed by atoms with E-state index in [0.717, 1.165) is 0 Å². The fourth-order valence-electron chi connectivity index (χ4n) is 3.31. The number of amides is 2. The van der Waals surface area contributed by atoms with Crippen LogP contribution in [0.3, 0.4) is 0 Å². The fraction of sp³-hybridized carbons (Fsp3) is 0.826. The van der Waals surface area contributed by atoms with E-state index in [0.29, 0.717) is 70.9 Å². The van der Waals surface area contributed by atoms with Gasteiger partial charge in [-0.1, -0.05) is 57.0 Å². The SMILES string of the molecule is CC(=O)CCNC(=O)[C@H](CCCCNC(=O)[C@@H]([NH-])CCCC[NH-])CC(=O)[C@@H]([NH-])CCCC[NH-].[H-].[H-].[H-].[K+].[K+].[K+].[K][K].[W].[W].[W].[W]. The van der Waals surface area contributed by atoms with Gasteiger partial charge >= 0.3 is 217 Å². The third-order valence-corrected chi connectivity index (χ3v) is 5.42. The van der Waals surface area contributed by atoms with Gasteiger partial charge in [0.15, 0.2) is 0 Å². The summed E-state index contributed by atoms with van der Waals surface area (Å²) in [6, 6.07) is -1.73. The van der Waals surface area contributed by atoms with Gasteiger partial charge in [-0.15, -0.1) is 0 Å². The molecule has 6 N–H and O–H groups in total. The van der Waals surface area contributed by atoms with E-state index in [4.69, 9.17) is 22.9 Å². The second kappa shape index (κ2) is 54.4. The molecule has 2 amide bonds. The number of ketones is 2. The molecule has 0 saturated heterocycles. The number of hydrogen-bond donors (Lipinski definition) is 2. The van der Waals surface area contributed by atoms with Gasteiger partial charge in [0.05, 0.1) is 0 Å². The summed E-state index contributed by atoms with van der Waals surface area (Å²) in [6.45, 7) is 2.61. The van der Waals surface area contributed by atoms with E-state index in [1.807, 2.05) is 0 Å². The number of rotatable bonds is 21. The van der Waals surface area contributed by atoms with Crippen LogP contribution in [0.25, 0.3) is 22.9 Å². The summed E-state index contributed by atoms with van der Waals surface area (Å²) >= 11 is 2.50. The van der Waals surface area contributed by atoms with Gasteiger partial charge in [-0.05, 0) is 19.8 Å². The summed E-state index contributed by atoms with van der Waals surface area (Å²) in [5, 5.41) is 5.43. The molecule has 0 radical (unpaired) electrons. The Morgan fingerprint density at radius 3 is 1.55 bits per heavy atom. The Labute approximate surface area is 489 Å². The van der Waals surface area contributed by atoms with Crippen LogP contribution in [0.5, 0.6) is 0 Å². The Bertz CT molecular complexity index is 644. The van der Waals surface area contributed by atoms with Gasteiger partial charge in [0.1, 0.15) is 11.6 Å². The van der Waals surface area contributed by atoms with Crippen molar-refractivity contribution in [1.82, 2.24) is 10.6 Å². The van der Waals surface area contributed by atoms with Crippen LogP contribution in [0.15, 0.2) is 0 Å². The summed E-state index contributed by atoms with van der Waals surface area (Å²) in [7, 11) is 0. The van der Waals surface area contributed by atoms with Crippen LogP contribution in [0.2, 0.25) is 0 Å². The first-order chi connectivity index (χ1) is 16.7. The average Bonchev–Trinajstić information content (AvgIpc) is 2.83. The molecule has 0 fully saturated rings. The summed E-state index contributed by atoms with van der Waals surface area (Å²) in [6.07, 6.45) is 5.29. The van der Waals surface area contributed by atoms with Crippen LogP contribution < -0.4 is 165 Å². The smallest absolute Gasteiger partial charge is 0 e. The van der Waals surface area contributed by atoms with Crippen molar-refractivity contribution in [2.75, 3.05) is 26.2 Å². The zero-order valence-electron chi connectivity index (χ0n) is 29.6. The predicted molar refractivity (Wildman–Crippen MR) is 145 cm³/mol. The predicted octanol–water partition coefficient (Wildman–Crippen LogP) is -5.19. The maximum Gasteiger partial charge on any atom is 0 e. The van der Waals surface area contributed by atoms with Crippen molar-refractivity contribution < 1.29 is 262 Å². The second-order valence-corrected chi connectivity index (χ2v) is 8.49. The van der Waals surface area contributed by atoms with Crippen molar-refractivity contribution in [3.05, 3.63) is 22.9 Å². The Kier molecular flexibility index (Phi) is 93.7. The van der Waals surface area contributed by atoms with Crippen LogP contribution >= 0.6 is 0 Å². The molecule has 0 aromatic heterocycles. The minimum atomic E-state index is -0.896. The monoisotopic (exact) mass is 1400 g/mol. The molecule has 19 heteroatoms. The van der Waals surface area contributed by atoms with Gasteiger partial charge < -0.3 is 42.6 Å². The van der Waals surface area contributed by atoms with E-state index < -0.39 is 18.0 Å². The zero-order valence-corrected chi connectivity index (χ0v) is 54.0. The minimum Gasteiger partial charge on any atom is 0 e. The summed E-state index contributed by atoms with van der Waals surface area (Å²) in [4.78, 5) is 48.0. The van der Waals surface area contributed by atoms with E-state index in [-0.39, 0.29) is 292 Å². The number of unbranched alkanes of at least 4 members (excludes halogenated alkanes) is 3. The standard InChI is InChI=1S/C23H42N6O4.5K.4W.3H/c1-17(30)11-15-29-22(32)18(16-21(31)19(26)9-2-5-12-24)8-4-7-14-28-23(33)20(27)10-3-6-13-25;;;;;;;;;;;;/h18-20,24-27H,2-16H2,1H3,(H,28,33)(H,29,32);;;;;;;;;;;;/q-4;;;3*+1;;;;;3*-1/t18-,19+,20+;;;;;;;;;;;;/m1............/s1. The van der Waals surface area contributed by atoms with Gasteiger partial charge in [-0.2, -0.15) is 13.1 Å². The third-order valence-electron chi connectivity index (χ3n) is 5.42. The molecule has 0 spiro atoms. The molecule has 0 aromatic carbocycles. The molecule has 0 unspecified atom stereocenters. The van der Waals surface area contributed by atoms with Crippen molar-refractivity contribution in [2.45, 2.75) is 89.6 Å². The molecule has 0 aliphatic rings. The van der Waals surface area contributed by atoms with Gasteiger partial charge in [0, 0.05) is 116 Å². The maximum absolute atomic E-state index is 12.6. The van der Waals surface area contributed by atoms with Gasteiger partial charge in [-0.3, -0.25) is 14.4 Å². The normalized spacial score (nSPS) is 11.0. The van der Waals surface area contributed by atoms with Crippen LogP contribution in [0, 0.1) is 5.92 Å². The number of Topliss-reactive ketones (excluding diaryl/α,β-unsaturated/α-hetero) is 2. The Morgan fingerprint density at radius 2 is 1.10 bits per heavy atom. The minimum absolute atomic E-state index is 0. The molecule has 0 aliphatic heterocycles. The van der Waals surface area contributed by atoms with Crippen LogP contribution in [-0.2, 0) is 103 Å². The van der Waals surface area contributed by atoms with Gasteiger partial charge in [0.25, 0.3) is 0 Å². The molecule has 10 nitrogen and oxygen atoms in total. The van der Waals surface area contributed by atoms with E-state index in [1.54, 1.807) is 0 Å². The number of carbonyl (C=O) groups is 4. The van der Waals surface area contributed by atoms with Crippen molar-refractivity contribution in [3.8, 4) is 0 Å². The van der Waals surface area contributed by atoms with E-state index in [2.05, 4.69) is 10.6 Å². The zero-order chi connectivity index (χ0) is 27.1. The van der Waals surface area contributed by atoms with E-state index >= 15 is 0 Å². The van der Waals surface area contributed by atoms with Gasteiger partial charge in [0.2, 0.25) is 11.8 Å². The topological polar surface area (TPSA) is 188 Å². The van der Waals surface area contributed by atoms with Crippen molar-refractivity contribution in [1.29, 1.82) is 0 Å². The van der Waals surface area contributed by atoms with Crippen LogP contribution in [0.1, 0.15) is 81.8 Å². The first-order valence-corrected chi connectivity index (χ1v) is 29.0. The molecule has 0 heterocycles. The molecule has 0 rings (SSSR count). The molecular weight excluding hydrogens is 1360 g/mol. The van der Waals surface area contributed by atoms with Gasteiger partial charge in [-0.25, -0.2) is 0 Å². The second-order valence-electron chi connectivity index (χ2n) is 8.49. The van der Waals surface area contributed by atoms with Crippen molar-refractivity contribution >= 4 is 86.5 Å². The molecule has 42 heavy (non-hydrogen) atoms. The average molecular weight is 1400 g/mol. The van der Waals surface area contributed by atoms with E-state index in [9.17, 15) is 19.2 Å². The fourth-order valence-corrected chi connectivity index (χ4v) is 3.31. The largest absolute Gasteiger partial charge is 0 e. The Morgan fingerprint density at radius 1 is 0.667 bits per heavy atom. The first kappa shape index (κ1) is 72.3. The number of carbonyl (C=O) groups excluding carboxylic acids is 4. The number of hydrogen-bond acceptors (Lipinski definition) is 4. The van der Waals surface area contributed by atoms with Crippen LogP contribution in [-0.4, -0.2) is 125 Å². The summed E-state index contributed by atoms with van der Waals surface area (Å²) in [5.74, 6) is -1.54.